The quantitative estimate of drug-likeness (QED) is 0.431. The minimum absolute atomic E-state index is 0.0310. The lowest BCUT2D eigenvalue weighted by molar-refractivity contribution is -0.137. The monoisotopic (exact) mass is 524 g/mol. The molecule has 2 aliphatic rings. The summed E-state index contributed by atoms with van der Waals surface area (Å²) >= 11 is 0. The van der Waals surface area contributed by atoms with Gasteiger partial charge in [-0.2, -0.15) is 13.2 Å². The van der Waals surface area contributed by atoms with Crippen molar-refractivity contribution in [2.45, 2.75) is 38.4 Å². The smallest absolute Gasteiger partial charge is 0.416 e. The van der Waals surface area contributed by atoms with Crippen LogP contribution in [-0.4, -0.2) is 36.5 Å². The highest BCUT2D eigenvalue weighted by atomic mass is 19.4. The first-order valence-corrected chi connectivity index (χ1v) is 12.5. The van der Waals surface area contributed by atoms with Crippen molar-refractivity contribution in [2.75, 3.05) is 25.1 Å². The molecule has 0 spiro atoms. The van der Waals surface area contributed by atoms with Crippen molar-refractivity contribution >= 4 is 17.5 Å². The molecule has 0 radical (unpaired) electrons. The van der Waals surface area contributed by atoms with E-state index in [0.29, 0.717) is 48.8 Å². The number of fused-ring (bicyclic) bond motifs is 4. The number of hydrogen-bond acceptors (Lipinski definition) is 4. The molecule has 0 aromatic heterocycles. The fraction of sp³-hybridized carbons (Fsp3) is 0.310. The molecule has 1 N–H and O–H groups in total. The van der Waals surface area contributed by atoms with Crippen LogP contribution in [0.1, 0.15) is 58.4 Å². The number of hydrogen-bond donors (Lipinski definition) is 1. The van der Waals surface area contributed by atoms with Crippen molar-refractivity contribution in [1.82, 2.24) is 4.90 Å². The van der Waals surface area contributed by atoms with Crippen LogP contribution in [0.15, 0.2) is 60.7 Å². The number of ether oxygens (including phenoxy) is 2. The van der Waals surface area contributed by atoms with Crippen molar-refractivity contribution in [3.05, 3.63) is 88.5 Å². The highest BCUT2D eigenvalue weighted by Gasteiger charge is 2.46. The lowest BCUT2D eigenvalue weighted by atomic mass is 9.75. The molecule has 5 rings (SSSR count). The van der Waals surface area contributed by atoms with Gasteiger partial charge in [-0.25, -0.2) is 0 Å². The van der Waals surface area contributed by atoms with Gasteiger partial charge in [0.05, 0.1) is 30.7 Å². The zero-order valence-electron chi connectivity index (χ0n) is 21.0. The molecule has 0 saturated heterocycles. The molecule has 0 bridgehead atoms. The minimum Gasteiger partial charge on any atom is -0.490 e. The third-order valence-electron chi connectivity index (χ3n) is 6.92. The van der Waals surface area contributed by atoms with E-state index in [0.717, 1.165) is 23.3 Å². The average Bonchev–Trinajstić information content (AvgIpc) is 2.89. The summed E-state index contributed by atoms with van der Waals surface area (Å²) < 4.78 is 51.5. The van der Waals surface area contributed by atoms with Crippen LogP contribution in [-0.2, 0) is 17.4 Å². The number of carbonyl (C=O) groups is 2. The average molecular weight is 525 g/mol. The first-order valence-electron chi connectivity index (χ1n) is 12.5. The zero-order chi connectivity index (χ0) is 27.0. The van der Waals surface area contributed by atoms with Crippen LogP contribution in [0.2, 0.25) is 0 Å². The summed E-state index contributed by atoms with van der Waals surface area (Å²) in [5, 5.41) is 2.68. The third kappa shape index (κ3) is 4.57. The summed E-state index contributed by atoms with van der Waals surface area (Å²) in [7, 11) is 0. The van der Waals surface area contributed by atoms with Gasteiger partial charge in [0.1, 0.15) is 0 Å². The Labute approximate surface area is 218 Å². The van der Waals surface area contributed by atoms with E-state index in [1.807, 2.05) is 26.0 Å². The highest BCUT2D eigenvalue weighted by Crippen LogP contribution is 2.48. The zero-order valence-corrected chi connectivity index (χ0v) is 21.0. The van der Waals surface area contributed by atoms with Crippen LogP contribution < -0.4 is 14.8 Å². The summed E-state index contributed by atoms with van der Waals surface area (Å²) in [5.41, 5.74) is 1.81. The first kappa shape index (κ1) is 25.6. The normalized spacial score (nSPS) is 18.2. The van der Waals surface area contributed by atoms with E-state index in [2.05, 4.69) is 5.32 Å². The van der Waals surface area contributed by atoms with Gasteiger partial charge in [-0.15, -0.1) is 0 Å². The summed E-state index contributed by atoms with van der Waals surface area (Å²) in [6.45, 7) is 4.96. The van der Waals surface area contributed by atoms with Gasteiger partial charge in [-0.3, -0.25) is 9.59 Å². The lowest BCUT2D eigenvalue weighted by Gasteiger charge is -2.45. The molecule has 2 heterocycles. The number of carbonyl (C=O) groups excluding carboxylic acids is 2. The fourth-order valence-electron chi connectivity index (χ4n) is 5.35. The van der Waals surface area contributed by atoms with Crippen molar-refractivity contribution in [3.8, 4) is 11.5 Å². The molecule has 0 unspecified atom stereocenters. The second-order valence-corrected chi connectivity index (χ2v) is 9.19. The number of amides is 2. The molecule has 198 valence electrons. The predicted molar refractivity (Wildman–Crippen MR) is 136 cm³/mol. The Morgan fingerprint density at radius 1 is 0.974 bits per heavy atom. The summed E-state index contributed by atoms with van der Waals surface area (Å²) in [6, 6.07) is 14.5. The largest absolute Gasteiger partial charge is 0.490 e. The van der Waals surface area contributed by atoms with Gasteiger partial charge in [0, 0.05) is 17.8 Å². The van der Waals surface area contributed by atoms with Crippen LogP contribution >= 0.6 is 0 Å². The molecule has 2 aliphatic heterocycles. The van der Waals surface area contributed by atoms with Crippen LogP contribution in [0.3, 0.4) is 0 Å². The molecule has 6 nitrogen and oxygen atoms in total. The van der Waals surface area contributed by atoms with Gasteiger partial charge in [-0.1, -0.05) is 24.3 Å². The Hall–Kier alpha value is -4.01. The Balaban J connectivity index is 1.61. The second-order valence-electron chi connectivity index (χ2n) is 9.19. The number of alkyl halides is 3. The van der Waals surface area contributed by atoms with Crippen LogP contribution in [0.5, 0.6) is 11.5 Å². The van der Waals surface area contributed by atoms with Crippen molar-refractivity contribution in [2.24, 2.45) is 0 Å². The Kier molecular flexibility index (Phi) is 6.77. The number of nitrogens with zero attached hydrogens (tertiary/aromatic N) is 1. The van der Waals surface area contributed by atoms with Gasteiger partial charge < -0.3 is 19.7 Å². The van der Waals surface area contributed by atoms with Gasteiger partial charge in [0.25, 0.3) is 5.91 Å². The molecule has 2 atom stereocenters. The van der Waals surface area contributed by atoms with E-state index in [4.69, 9.17) is 9.47 Å². The highest BCUT2D eigenvalue weighted by molar-refractivity contribution is 6.04. The van der Waals surface area contributed by atoms with Crippen LogP contribution in [0, 0.1) is 0 Å². The van der Waals surface area contributed by atoms with E-state index in [1.54, 1.807) is 29.2 Å². The van der Waals surface area contributed by atoms with Crippen molar-refractivity contribution < 1.29 is 32.2 Å². The number of rotatable bonds is 6. The topological polar surface area (TPSA) is 67.9 Å². The van der Waals surface area contributed by atoms with Gasteiger partial charge in [0.15, 0.2) is 11.5 Å². The van der Waals surface area contributed by atoms with Gasteiger partial charge >= 0.3 is 6.18 Å². The predicted octanol–water partition coefficient (Wildman–Crippen LogP) is 5.98. The number of benzene rings is 3. The Morgan fingerprint density at radius 3 is 2.39 bits per heavy atom. The molecule has 0 saturated carbocycles. The first-order chi connectivity index (χ1) is 18.2. The standard InChI is InChI=1S/C29H27F3N2O4/c1-3-37-23-14-17-12-13-34-26(22(17)16-24(23)38-4-2)25(20-10-5-6-11-21(20)28(34)36)27(35)33-19-9-7-8-18(15-19)29(30,31)32/h5-11,14-16,25-26H,3-4,12-13H2,1-2H3,(H,33,35)/t25-,26+/m0/s1. The molecular weight excluding hydrogens is 497 g/mol. The molecular formula is C29H27F3N2O4. The number of halogens is 3. The second kappa shape index (κ2) is 10.0. The van der Waals surface area contributed by atoms with E-state index in [9.17, 15) is 22.8 Å². The Bertz CT molecular complexity index is 1390. The SMILES string of the molecule is CCOc1cc2c(cc1OCC)[C@@H]1[C@@H](C(=O)Nc3cccc(C(F)(F)F)c3)c3ccccc3C(=O)N1CC2. The number of nitrogens with one attached hydrogen (secondary N) is 1. The summed E-state index contributed by atoms with van der Waals surface area (Å²) in [6.07, 6.45) is -3.98. The molecule has 3 aromatic carbocycles. The van der Waals surface area contributed by atoms with E-state index in [1.165, 1.54) is 12.1 Å². The maximum Gasteiger partial charge on any atom is 0.416 e. The van der Waals surface area contributed by atoms with Crippen molar-refractivity contribution in [1.29, 1.82) is 0 Å². The van der Waals surface area contributed by atoms with E-state index in [-0.39, 0.29) is 11.6 Å². The molecule has 2 amide bonds. The third-order valence-corrected chi connectivity index (χ3v) is 6.92. The number of anilines is 1. The maximum absolute atomic E-state index is 13.9. The molecule has 38 heavy (non-hydrogen) atoms. The molecule has 0 fully saturated rings. The summed E-state index contributed by atoms with van der Waals surface area (Å²) in [5.74, 6) is -0.442. The molecule has 0 aliphatic carbocycles. The minimum atomic E-state index is -4.54. The lowest BCUT2D eigenvalue weighted by Crippen LogP contribution is -2.49. The van der Waals surface area contributed by atoms with Gasteiger partial charge in [-0.05, 0) is 73.4 Å². The van der Waals surface area contributed by atoms with Gasteiger partial charge in [0.2, 0.25) is 5.91 Å². The van der Waals surface area contributed by atoms with E-state index >= 15 is 0 Å². The molecule has 9 heteroatoms. The Morgan fingerprint density at radius 2 is 1.68 bits per heavy atom. The van der Waals surface area contributed by atoms with Crippen molar-refractivity contribution in [3.63, 3.8) is 0 Å². The molecule has 3 aromatic rings. The maximum atomic E-state index is 13.9. The summed E-state index contributed by atoms with van der Waals surface area (Å²) in [4.78, 5) is 29.1. The van der Waals surface area contributed by atoms with E-state index < -0.39 is 29.6 Å². The van der Waals surface area contributed by atoms with Crippen LogP contribution in [0.25, 0.3) is 0 Å². The fourth-order valence-corrected chi connectivity index (χ4v) is 5.35. The van der Waals surface area contributed by atoms with Crippen LogP contribution in [0.4, 0.5) is 18.9 Å².